The summed E-state index contributed by atoms with van der Waals surface area (Å²) in [6.07, 6.45) is 0. The van der Waals surface area contributed by atoms with Crippen LogP contribution in [0.1, 0.15) is 18.1 Å². The Bertz CT molecular complexity index is 323. The molecule has 0 aromatic heterocycles. The van der Waals surface area contributed by atoms with Gasteiger partial charge in [-0.05, 0) is 44.0 Å². The van der Waals surface area contributed by atoms with Gasteiger partial charge in [0.1, 0.15) is 5.75 Å². The second kappa shape index (κ2) is 4.33. The highest BCUT2D eigenvalue weighted by Crippen LogP contribution is 2.25. The van der Waals surface area contributed by atoms with E-state index in [9.17, 15) is 5.11 Å². The number of rotatable bonds is 3. The maximum Gasteiger partial charge on any atom is 0.118 e. The van der Waals surface area contributed by atoms with Crippen LogP contribution < -0.4 is 11.1 Å². The number of aryl methyl sites for hydroxylation is 2. The van der Waals surface area contributed by atoms with Gasteiger partial charge in [-0.1, -0.05) is 0 Å². The van der Waals surface area contributed by atoms with Gasteiger partial charge in [0.15, 0.2) is 0 Å². The number of benzene rings is 1. The van der Waals surface area contributed by atoms with Crippen molar-refractivity contribution in [3.63, 3.8) is 0 Å². The quantitative estimate of drug-likeness (QED) is 0.643. The van der Waals surface area contributed by atoms with Crippen LogP contribution in [0.5, 0.6) is 5.75 Å². The van der Waals surface area contributed by atoms with Crippen molar-refractivity contribution in [3.8, 4) is 5.75 Å². The van der Waals surface area contributed by atoms with Crippen molar-refractivity contribution in [2.45, 2.75) is 26.8 Å². The summed E-state index contributed by atoms with van der Waals surface area (Å²) in [5, 5.41) is 12.8. The van der Waals surface area contributed by atoms with E-state index in [2.05, 4.69) is 5.32 Å². The first-order chi connectivity index (χ1) is 6.54. The molecule has 0 aliphatic heterocycles. The smallest absolute Gasteiger partial charge is 0.118 e. The number of nitrogens with one attached hydrogen (secondary N) is 1. The Hall–Kier alpha value is -1.22. The summed E-state index contributed by atoms with van der Waals surface area (Å²) in [5.41, 5.74) is 8.48. The molecule has 1 unspecified atom stereocenters. The minimum absolute atomic E-state index is 0.248. The number of aromatic hydroxyl groups is 1. The van der Waals surface area contributed by atoms with Crippen LogP contribution in [0.4, 0.5) is 5.69 Å². The maximum absolute atomic E-state index is 9.46. The Morgan fingerprint density at radius 2 is 2.00 bits per heavy atom. The second-order valence-corrected chi connectivity index (χ2v) is 3.73. The summed E-state index contributed by atoms with van der Waals surface area (Å²) in [6, 6.07) is 3.95. The van der Waals surface area contributed by atoms with Crippen LogP contribution in [0.3, 0.4) is 0 Å². The molecule has 1 aromatic rings. The lowest BCUT2D eigenvalue weighted by Crippen LogP contribution is -2.25. The Kier molecular flexibility index (Phi) is 3.36. The van der Waals surface area contributed by atoms with Crippen molar-refractivity contribution in [2.75, 3.05) is 11.9 Å². The van der Waals surface area contributed by atoms with Gasteiger partial charge in [-0.3, -0.25) is 0 Å². The van der Waals surface area contributed by atoms with E-state index in [1.165, 1.54) is 0 Å². The van der Waals surface area contributed by atoms with Crippen LogP contribution in [0.2, 0.25) is 0 Å². The highest BCUT2D eigenvalue weighted by molar-refractivity contribution is 5.57. The molecule has 0 aliphatic rings. The van der Waals surface area contributed by atoms with Crippen molar-refractivity contribution in [1.29, 1.82) is 0 Å². The fourth-order valence-electron chi connectivity index (χ4n) is 1.28. The molecule has 0 bridgehead atoms. The molecule has 1 atom stereocenters. The highest BCUT2D eigenvalue weighted by Gasteiger charge is 2.05. The predicted molar refractivity (Wildman–Crippen MR) is 59.7 cm³/mol. The van der Waals surface area contributed by atoms with Gasteiger partial charge in [0.2, 0.25) is 0 Å². The fraction of sp³-hybridized carbons (Fsp3) is 0.455. The molecule has 0 heterocycles. The minimum atomic E-state index is 0.248. The zero-order valence-electron chi connectivity index (χ0n) is 8.96. The van der Waals surface area contributed by atoms with Gasteiger partial charge in [-0.25, -0.2) is 0 Å². The fourth-order valence-corrected chi connectivity index (χ4v) is 1.28. The molecule has 78 valence electrons. The van der Waals surface area contributed by atoms with Crippen LogP contribution in [-0.2, 0) is 0 Å². The standard InChI is InChI=1S/C11H18N2O/c1-7-5-11(14)8(2)4-10(7)13-9(3)6-12/h4-5,9,13-14H,6,12H2,1-3H3. The third kappa shape index (κ3) is 2.39. The molecule has 0 saturated carbocycles. The van der Waals surface area contributed by atoms with Crippen molar-refractivity contribution in [3.05, 3.63) is 23.3 Å². The molecule has 3 nitrogen and oxygen atoms in total. The molecule has 0 aliphatic carbocycles. The summed E-state index contributed by atoms with van der Waals surface area (Å²) < 4.78 is 0. The van der Waals surface area contributed by atoms with E-state index in [0.717, 1.165) is 16.8 Å². The maximum atomic E-state index is 9.46. The Morgan fingerprint density at radius 3 is 2.57 bits per heavy atom. The van der Waals surface area contributed by atoms with Gasteiger partial charge in [0.25, 0.3) is 0 Å². The zero-order chi connectivity index (χ0) is 10.7. The summed E-state index contributed by atoms with van der Waals surface area (Å²) in [6.45, 7) is 6.47. The molecule has 14 heavy (non-hydrogen) atoms. The van der Waals surface area contributed by atoms with E-state index in [-0.39, 0.29) is 6.04 Å². The second-order valence-electron chi connectivity index (χ2n) is 3.73. The molecule has 0 radical (unpaired) electrons. The molecule has 0 fully saturated rings. The largest absolute Gasteiger partial charge is 0.508 e. The first kappa shape index (κ1) is 10.9. The van der Waals surface area contributed by atoms with Gasteiger partial charge in [-0.15, -0.1) is 0 Å². The van der Waals surface area contributed by atoms with Crippen LogP contribution in [0, 0.1) is 13.8 Å². The van der Waals surface area contributed by atoms with Crippen LogP contribution in [-0.4, -0.2) is 17.7 Å². The number of phenols is 1. The van der Waals surface area contributed by atoms with Gasteiger partial charge in [-0.2, -0.15) is 0 Å². The van der Waals surface area contributed by atoms with Crippen molar-refractivity contribution < 1.29 is 5.11 Å². The Labute approximate surface area is 84.9 Å². The lowest BCUT2D eigenvalue weighted by atomic mass is 10.1. The van der Waals surface area contributed by atoms with E-state index in [1.54, 1.807) is 6.07 Å². The van der Waals surface area contributed by atoms with Gasteiger partial charge in [0, 0.05) is 18.3 Å². The summed E-state index contributed by atoms with van der Waals surface area (Å²) in [4.78, 5) is 0. The monoisotopic (exact) mass is 194 g/mol. The first-order valence-corrected chi connectivity index (χ1v) is 4.81. The predicted octanol–water partition coefficient (Wildman–Crippen LogP) is 1.77. The molecule has 3 heteroatoms. The van der Waals surface area contributed by atoms with E-state index < -0.39 is 0 Å². The average Bonchev–Trinajstić information content (AvgIpc) is 2.14. The highest BCUT2D eigenvalue weighted by atomic mass is 16.3. The number of anilines is 1. The van der Waals surface area contributed by atoms with Gasteiger partial charge < -0.3 is 16.2 Å². The number of nitrogens with two attached hydrogens (primary N) is 1. The summed E-state index contributed by atoms with van der Waals surface area (Å²) in [7, 11) is 0. The topological polar surface area (TPSA) is 58.3 Å². The van der Waals surface area contributed by atoms with Crippen LogP contribution >= 0.6 is 0 Å². The number of hydrogen-bond donors (Lipinski definition) is 3. The van der Waals surface area contributed by atoms with E-state index in [0.29, 0.717) is 12.3 Å². The SMILES string of the molecule is Cc1cc(NC(C)CN)c(C)cc1O. The van der Waals surface area contributed by atoms with Gasteiger partial charge >= 0.3 is 0 Å². The molecule has 0 spiro atoms. The summed E-state index contributed by atoms with van der Waals surface area (Å²) in [5.74, 6) is 0.341. The third-order valence-corrected chi connectivity index (χ3v) is 2.30. The Balaban J connectivity index is 2.92. The van der Waals surface area contributed by atoms with Crippen LogP contribution in [0.25, 0.3) is 0 Å². The van der Waals surface area contributed by atoms with Gasteiger partial charge in [0.05, 0.1) is 0 Å². The van der Waals surface area contributed by atoms with E-state index in [1.807, 2.05) is 26.8 Å². The lowest BCUT2D eigenvalue weighted by Gasteiger charge is -2.16. The normalized spacial score (nSPS) is 12.6. The molecule has 0 amide bonds. The molecular formula is C11H18N2O. The third-order valence-electron chi connectivity index (χ3n) is 2.30. The van der Waals surface area contributed by atoms with Crippen molar-refractivity contribution in [2.24, 2.45) is 5.73 Å². The van der Waals surface area contributed by atoms with Crippen LogP contribution in [0.15, 0.2) is 12.1 Å². The molecule has 1 rings (SSSR count). The Morgan fingerprint density at radius 1 is 1.36 bits per heavy atom. The zero-order valence-corrected chi connectivity index (χ0v) is 8.96. The number of phenolic OH excluding ortho intramolecular Hbond substituents is 1. The molecule has 0 saturated heterocycles. The number of hydrogen-bond acceptors (Lipinski definition) is 3. The molecule has 4 N–H and O–H groups in total. The molecular weight excluding hydrogens is 176 g/mol. The van der Waals surface area contributed by atoms with E-state index in [4.69, 9.17) is 5.73 Å². The average molecular weight is 194 g/mol. The van der Waals surface area contributed by atoms with E-state index >= 15 is 0 Å². The minimum Gasteiger partial charge on any atom is -0.508 e. The molecule has 1 aromatic carbocycles. The van der Waals surface area contributed by atoms with Crippen molar-refractivity contribution in [1.82, 2.24) is 0 Å². The summed E-state index contributed by atoms with van der Waals surface area (Å²) >= 11 is 0. The first-order valence-electron chi connectivity index (χ1n) is 4.81. The van der Waals surface area contributed by atoms with Crippen molar-refractivity contribution >= 4 is 5.69 Å². The lowest BCUT2D eigenvalue weighted by molar-refractivity contribution is 0.470.